The third-order valence-electron chi connectivity index (χ3n) is 2.06. The summed E-state index contributed by atoms with van der Waals surface area (Å²) in [7, 11) is 0. The summed E-state index contributed by atoms with van der Waals surface area (Å²) in [5.41, 5.74) is -2.51. The third kappa shape index (κ3) is 4.58. The lowest BCUT2D eigenvalue weighted by atomic mass is 10.0. The van der Waals surface area contributed by atoms with Gasteiger partial charge in [-0.3, -0.25) is 0 Å². The predicted octanol–water partition coefficient (Wildman–Crippen LogP) is 5.31. The summed E-state index contributed by atoms with van der Waals surface area (Å²) >= 11 is 0. The molecule has 6 heteroatoms. The standard InChI is InChI=1S/C10H8F6.C2H6/c1-2-6-3-7(9(11,12)13)5-8(4-6)10(14,15)16;1-2/h3-5H,2H2,1H3;1-2H3. The Morgan fingerprint density at radius 2 is 1.11 bits per heavy atom. The maximum atomic E-state index is 12.3. The Hall–Kier alpha value is -1.20. The van der Waals surface area contributed by atoms with Gasteiger partial charge in [-0.15, -0.1) is 0 Å². The third-order valence-corrected chi connectivity index (χ3v) is 2.06. The van der Waals surface area contributed by atoms with Crippen molar-refractivity contribution in [3.63, 3.8) is 0 Å². The maximum absolute atomic E-state index is 12.3. The summed E-state index contributed by atoms with van der Waals surface area (Å²) in [6.45, 7) is 5.50. The Bertz CT molecular complexity index is 343. The van der Waals surface area contributed by atoms with Gasteiger partial charge in [-0.1, -0.05) is 20.8 Å². The summed E-state index contributed by atoms with van der Waals surface area (Å²) in [5, 5.41) is 0. The summed E-state index contributed by atoms with van der Waals surface area (Å²) < 4.78 is 73.8. The lowest BCUT2D eigenvalue weighted by Gasteiger charge is -2.13. The molecule has 18 heavy (non-hydrogen) atoms. The Kier molecular flexibility index (Phi) is 5.70. The molecule has 0 amide bonds. The van der Waals surface area contributed by atoms with Crippen LogP contribution in [0, 0.1) is 0 Å². The fraction of sp³-hybridized carbons (Fsp3) is 0.500. The molecule has 0 aliphatic heterocycles. The van der Waals surface area contributed by atoms with Crippen LogP contribution >= 0.6 is 0 Å². The van der Waals surface area contributed by atoms with Gasteiger partial charge in [0.05, 0.1) is 11.1 Å². The van der Waals surface area contributed by atoms with E-state index in [-0.39, 0.29) is 18.1 Å². The summed E-state index contributed by atoms with van der Waals surface area (Å²) in [6, 6.07) is 1.59. The van der Waals surface area contributed by atoms with Crippen molar-refractivity contribution in [2.45, 2.75) is 39.5 Å². The lowest BCUT2D eigenvalue weighted by molar-refractivity contribution is -0.143. The molecule has 0 aliphatic carbocycles. The SMILES string of the molecule is CC.CCc1cc(C(F)(F)F)cc(C(F)(F)F)c1. The highest BCUT2D eigenvalue weighted by Crippen LogP contribution is 2.36. The number of hydrogen-bond donors (Lipinski definition) is 0. The topological polar surface area (TPSA) is 0 Å². The van der Waals surface area contributed by atoms with Gasteiger partial charge in [0.2, 0.25) is 0 Å². The van der Waals surface area contributed by atoms with E-state index < -0.39 is 23.5 Å². The van der Waals surface area contributed by atoms with E-state index in [0.29, 0.717) is 0 Å². The molecule has 1 aromatic rings. The second-order valence-corrected chi connectivity index (χ2v) is 3.27. The van der Waals surface area contributed by atoms with Crippen LogP contribution in [0.2, 0.25) is 0 Å². The molecule has 0 atom stereocenters. The van der Waals surface area contributed by atoms with Crippen LogP contribution in [0.4, 0.5) is 26.3 Å². The van der Waals surface area contributed by atoms with E-state index in [4.69, 9.17) is 0 Å². The summed E-state index contributed by atoms with van der Waals surface area (Å²) in [5.74, 6) is 0. The van der Waals surface area contributed by atoms with Gasteiger partial charge in [-0.25, -0.2) is 0 Å². The van der Waals surface area contributed by atoms with Gasteiger partial charge >= 0.3 is 12.4 Å². The van der Waals surface area contributed by atoms with Gasteiger partial charge in [0.25, 0.3) is 0 Å². The molecule has 1 aromatic carbocycles. The summed E-state index contributed by atoms with van der Waals surface area (Å²) in [6.07, 6.45) is -9.40. The normalized spacial score (nSPS) is 11.8. The maximum Gasteiger partial charge on any atom is 0.416 e. The van der Waals surface area contributed by atoms with E-state index in [1.807, 2.05) is 13.8 Å². The Morgan fingerprint density at radius 3 is 1.33 bits per heavy atom. The van der Waals surface area contributed by atoms with E-state index in [9.17, 15) is 26.3 Å². The smallest absolute Gasteiger partial charge is 0.166 e. The minimum Gasteiger partial charge on any atom is -0.166 e. The van der Waals surface area contributed by atoms with Crippen LogP contribution in [-0.2, 0) is 18.8 Å². The van der Waals surface area contributed by atoms with Crippen molar-refractivity contribution in [3.8, 4) is 0 Å². The lowest BCUT2D eigenvalue weighted by Crippen LogP contribution is -2.11. The van der Waals surface area contributed by atoms with Crippen LogP contribution in [0.1, 0.15) is 37.5 Å². The first-order chi connectivity index (χ1) is 8.14. The first-order valence-electron chi connectivity index (χ1n) is 5.43. The van der Waals surface area contributed by atoms with E-state index >= 15 is 0 Å². The Morgan fingerprint density at radius 1 is 0.778 bits per heavy atom. The molecule has 0 fully saturated rings. The van der Waals surface area contributed by atoms with Gasteiger partial charge < -0.3 is 0 Å². The van der Waals surface area contributed by atoms with Crippen LogP contribution in [0.5, 0.6) is 0 Å². The van der Waals surface area contributed by atoms with Gasteiger partial charge in [0, 0.05) is 0 Å². The zero-order valence-electron chi connectivity index (χ0n) is 10.2. The molecule has 0 nitrogen and oxygen atoms in total. The molecule has 104 valence electrons. The molecule has 0 saturated carbocycles. The van der Waals surface area contributed by atoms with Gasteiger partial charge in [0.1, 0.15) is 0 Å². The average molecular weight is 272 g/mol. The number of aryl methyl sites for hydroxylation is 1. The summed E-state index contributed by atoms with van der Waals surface area (Å²) in [4.78, 5) is 0. The molecular weight excluding hydrogens is 258 g/mol. The number of benzene rings is 1. The van der Waals surface area contributed by atoms with E-state index in [2.05, 4.69) is 0 Å². The Balaban J connectivity index is 0.00000137. The fourth-order valence-electron chi connectivity index (χ4n) is 1.22. The first-order valence-corrected chi connectivity index (χ1v) is 5.43. The number of halogens is 6. The highest BCUT2D eigenvalue weighted by molar-refractivity contribution is 5.33. The second kappa shape index (κ2) is 6.11. The van der Waals surface area contributed by atoms with E-state index in [1.165, 1.54) is 6.92 Å². The molecule has 0 spiro atoms. The number of hydrogen-bond acceptors (Lipinski definition) is 0. The van der Waals surface area contributed by atoms with Gasteiger partial charge in [-0.2, -0.15) is 26.3 Å². The van der Waals surface area contributed by atoms with E-state index in [1.54, 1.807) is 0 Å². The average Bonchev–Trinajstić information content (AvgIpc) is 2.29. The zero-order valence-corrected chi connectivity index (χ0v) is 10.2. The van der Waals surface area contributed by atoms with Crippen molar-refractivity contribution in [3.05, 3.63) is 34.9 Å². The highest BCUT2D eigenvalue weighted by Gasteiger charge is 2.36. The molecule has 0 aliphatic rings. The van der Waals surface area contributed by atoms with Crippen molar-refractivity contribution in [1.29, 1.82) is 0 Å². The Labute approximate surface area is 102 Å². The molecule has 0 heterocycles. The molecule has 0 saturated heterocycles. The van der Waals surface area contributed by atoms with Gasteiger partial charge in [-0.05, 0) is 30.2 Å². The van der Waals surface area contributed by atoms with Gasteiger partial charge in [0.15, 0.2) is 0 Å². The van der Waals surface area contributed by atoms with Crippen molar-refractivity contribution < 1.29 is 26.3 Å². The largest absolute Gasteiger partial charge is 0.416 e. The van der Waals surface area contributed by atoms with Crippen molar-refractivity contribution in [2.24, 2.45) is 0 Å². The molecule has 0 bridgehead atoms. The molecule has 0 unspecified atom stereocenters. The van der Waals surface area contributed by atoms with Crippen LogP contribution in [-0.4, -0.2) is 0 Å². The fourth-order valence-corrected chi connectivity index (χ4v) is 1.22. The van der Waals surface area contributed by atoms with E-state index in [0.717, 1.165) is 12.1 Å². The minimum atomic E-state index is -4.76. The van der Waals surface area contributed by atoms with Crippen molar-refractivity contribution in [2.75, 3.05) is 0 Å². The molecule has 0 radical (unpaired) electrons. The highest BCUT2D eigenvalue weighted by atomic mass is 19.4. The number of rotatable bonds is 1. The van der Waals surface area contributed by atoms with Crippen LogP contribution in [0.3, 0.4) is 0 Å². The molecule has 1 rings (SSSR count). The van der Waals surface area contributed by atoms with Crippen LogP contribution in [0.25, 0.3) is 0 Å². The quantitative estimate of drug-likeness (QED) is 0.607. The van der Waals surface area contributed by atoms with Crippen molar-refractivity contribution >= 4 is 0 Å². The predicted molar refractivity (Wildman–Crippen MR) is 57.2 cm³/mol. The second-order valence-electron chi connectivity index (χ2n) is 3.27. The molecule has 0 aromatic heterocycles. The van der Waals surface area contributed by atoms with Crippen LogP contribution in [0.15, 0.2) is 18.2 Å². The molecular formula is C12H14F6. The minimum absolute atomic E-state index is 0.0159. The molecule has 0 N–H and O–H groups in total. The number of alkyl halides is 6. The monoisotopic (exact) mass is 272 g/mol. The zero-order chi connectivity index (χ0) is 14.6. The first kappa shape index (κ1) is 16.8. The van der Waals surface area contributed by atoms with Crippen LogP contribution < -0.4 is 0 Å². The van der Waals surface area contributed by atoms with Crippen molar-refractivity contribution in [1.82, 2.24) is 0 Å².